The molecular formula is C28H18ClN. The standard InChI is InChI=1S/C28H18ClN/c29-22-15-12-19(13-16-22)21-14-17-25-24-9-3-4-10-27(24)30(28(25)18-21)26-11-5-7-20-6-1-2-8-23(20)26/h1-18H. The minimum atomic E-state index is 0.754. The Labute approximate surface area is 179 Å². The SMILES string of the molecule is Clc1ccc(-c2ccc3c4ccccc4n(-c4cccc5ccccc45)c3c2)cc1. The van der Waals surface area contributed by atoms with Gasteiger partial charge in [-0.15, -0.1) is 0 Å². The van der Waals surface area contributed by atoms with E-state index in [2.05, 4.69) is 102 Å². The molecule has 0 fully saturated rings. The summed E-state index contributed by atoms with van der Waals surface area (Å²) in [5.74, 6) is 0. The van der Waals surface area contributed by atoms with Gasteiger partial charge in [-0.3, -0.25) is 0 Å². The van der Waals surface area contributed by atoms with Crippen molar-refractivity contribution < 1.29 is 0 Å². The minimum absolute atomic E-state index is 0.754. The van der Waals surface area contributed by atoms with Gasteiger partial charge in [-0.25, -0.2) is 0 Å². The Kier molecular flexibility index (Phi) is 3.90. The number of benzene rings is 5. The van der Waals surface area contributed by atoms with E-state index in [0.717, 1.165) is 10.6 Å². The highest BCUT2D eigenvalue weighted by molar-refractivity contribution is 6.30. The molecule has 1 heterocycles. The Morgan fingerprint density at radius 2 is 1.17 bits per heavy atom. The quantitative estimate of drug-likeness (QED) is 0.274. The molecule has 5 aromatic carbocycles. The molecule has 2 heteroatoms. The molecule has 0 aliphatic heterocycles. The van der Waals surface area contributed by atoms with Gasteiger partial charge in [0, 0.05) is 21.2 Å². The van der Waals surface area contributed by atoms with Crippen LogP contribution in [0, 0.1) is 0 Å². The molecule has 6 aromatic rings. The predicted molar refractivity (Wildman–Crippen MR) is 129 cm³/mol. The Morgan fingerprint density at radius 3 is 2.03 bits per heavy atom. The van der Waals surface area contributed by atoms with Crippen molar-refractivity contribution in [1.82, 2.24) is 4.57 Å². The largest absolute Gasteiger partial charge is 0.309 e. The van der Waals surface area contributed by atoms with E-state index >= 15 is 0 Å². The number of para-hydroxylation sites is 1. The molecule has 0 saturated carbocycles. The molecule has 0 spiro atoms. The van der Waals surface area contributed by atoms with Crippen LogP contribution in [-0.2, 0) is 0 Å². The van der Waals surface area contributed by atoms with Crippen molar-refractivity contribution in [3.63, 3.8) is 0 Å². The fourth-order valence-electron chi connectivity index (χ4n) is 4.46. The van der Waals surface area contributed by atoms with E-state index in [4.69, 9.17) is 11.6 Å². The highest BCUT2D eigenvalue weighted by Crippen LogP contribution is 2.36. The number of halogens is 1. The third-order valence-electron chi connectivity index (χ3n) is 5.86. The summed E-state index contributed by atoms with van der Waals surface area (Å²) in [5.41, 5.74) is 5.98. The summed E-state index contributed by atoms with van der Waals surface area (Å²) < 4.78 is 2.40. The Balaban J connectivity index is 1.72. The number of hydrogen-bond donors (Lipinski definition) is 0. The lowest BCUT2D eigenvalue weighted by Crippen LogP contribution is -1.95. The summed E-state index contributed by atoms with van der Waals surface area (Å²) in [5, 5.41) is 5.78. The monoisotopic (exact) mass is 403 g/mol. The summed E-state index contributed by atoms with van der Waals surface area (Å²) in [6.45, 7) is 0. The van der Waals surface area contributed by atoms with Crippen LogP contribution in [0.4, 0.5) is 0 Å². The molecule has 0 amide bonds. The van der Waals surface area contributed by atoms with Crippen LogP contribution in [0.5, 0.6) is 0 Å². The van der Waals surface area contributed by atoms with Gasteiger partial charge in [0.2, 0.25) is 0 Å². The van der Waals surface area contributed by atoms with Crippen LogP contribution in [0.2, 0.25) is 5.02 Å². The number of rotatable bonds is 2. The van der Waals surface area contributed by atoms with Crippen molar-refractivity contribution in [2.24, 2.45) is 0 Å². The van der Waals surface area contributed by atoms with Gasteiger partial charge in [0.1, 0.15) is 0 Å². The molecule has 0 bridgehead atoms. The maximum Gasteiger partial charge on any atom is 0.0547 e. The van der Waals surface area contributed by atoms with E-state index in [1.54, 1.807) is 0 Å². The lowest BCUT2D eigenvalue weighted by molar-refractivity contribution is 1.20. The highest BCUT2D eigenvalue weighted by Gasteiger charge is 2.14. The minimum Gasteiger partial charge on any atom is -0.309 e. The van der Waals surface area contributed by atoms with Gasteiger partial charge in [-0.2, -0.15) is 0 Å². The molecule has 0 N–H and O–H groups in total. The molecule has 1 aromatic heterocycles. The number of aromatic nitrogens is 1. The summed E-state index contributed by atoms with van der Waals surface area (Å²) in [6, 6.07) is 38.5. The normalized spacial score (nSPS) is 11.5. The molecule has 30 heavy (non-hydrogen) atoms. The van der Waals surface area contributed by atoms with Gasteiger partial charge in [-0.05, 0) is 46.8 Å². The van der Waals surface area contributed by atoms with Gasteiger partial charge in [-0.1, -0.05) is 90.5 Å². The zero-order valence-corrected chi connectivity index (χ0v) is 17.0. The second-order valence-corrected chi connectivity index (χ2v) is 8.03. The maximum absolute atomic E-state index is 6.10. The van der Waals surface area contributed by atoms with Gasteiger partial charge in [0.05, 0.1) is 16.7 Å². The van der Waals surface area contributed by atoms with E-state index in [0.29, 0.717) is 0 Å². The van der Waals surface area contributed by atoms with Crippen LogP contribution in [0.25, 0.3) is 49.4 Å². The molecule has 0 saturated heterocycles. The zero-order valence-electron chi connectivity index (χ0n) is 16.2. The Hall–Kier alpha value is -3.55. The first kappa shape index (κ1) is 17.3. The van der Waals surface area contributed by atoms with Crippen molar-refractivity contribution >= 4 is 44.2 Å². The second-order valence-electron chi connectivity index (χ2n) is 7.59. The number of nitrogens with zero attached hydrogens (tertiary/aromatic N) is 1. The number of fused-ring (bicyclic) bond motifs is 4. The van der Waals surface area contributed by atoms with Crippen molar-refractivity contribution in [1.29, 1.82) is 0 Å². The van der Waals surface area contributed by atoms with E-state index in [1.165, 1.54) is 43.8 Å². The van der Waals surface area contributed by atoms with Crippen LogP contribution < -0.4 is 0 Å². The molecule has 0 aliphatic carbocycles. The second kappa shape index (κ2) is 6.76. The molecule has 1 nitrogen and oxygen atoms in total. The van der Waals surface area contributed by atoms with E-state index < -0.39 is 0 Å². The van der Waals surface area contributed by atoms with Crippen LogP contribution in [-0.4, -0.2) is 4.57 Å². The summed E-state index contributed by atoms with van der Waals surface area (Å²) in [6.07, 6.45) is 0. The molecule has 142 valence electrons. The maximum atomic E-state index is 6.10. The molecule has 0 unspecified atom stereocenters. The smallest absolute Gasteiger partial charge is 0.0547 e. The van der Waals surface area contributed by atoms with Gasteiger partial charge < -0.3 is 4.57 Å². The zero-order chi connectivity index (χ0) is 20.1. The fourth-order valence-corrected chi connectivity index (χ4v) is 4.58. The summed E-state index contributed by atoms with van der Waals surface area (Å²) in [7, 11) is 0. The molecule has 0 atom stereocenters. The fraction of sp³-hybridized carbons (Fsp3) is 0. The first-order valence-corrected chi connectivity index (χ1v) is 10.4. The lowest BCUT2D eigenvalue weighted by atomic mass is 10.0. The molecule has 0 aliphatic rings. The predicted octanol–water partition coefficient (Wildman–Crippen LogP) is 8.26. The van der Waals surface area contributed by atoms with Crippen molar-refractivity contribution in [3.8, 4) is 16.8 Å². The molecule has 6 rings (SSSR count). The highest BCUT2D eigenvalue weighted by atomic mass is 35.5. The topological polar surface area (TPSA) is 4.93 Å². The van der Waals surface area contributed by atoms with Crippen molar-refractivity contribution in [2.75, 3.05) is 0 Å². The van der Waals surface area contributed by atoms with Crippen molar-refractivity contribution in [2.45, 2.75) is 0 Å². The molecular weight excluding hydrogens is 386 g/mol. The third kappa shape index (κ3) is 2.63. The van der Waals surface area contributed by atoms with Gasteiger partial charge in [0.25, 0.3) is 0 Å². The summed E-state index contributed by atoms with van der Waals surface area (Å²) in [4.78, 5) is 0. The third-order valence-corrected chi connectivity index (χ3v) is 6.11. The van der Waals surface area contributed by atoms with Crippen LogP contribution in [0.1, 0.15) is 0 Å². The average Bonchev–Trinajstić information content (AvgIpc) is 3.13. The first-order valence-electron chi connectivity index (χ1n) is 10.1. The van der Waals surface area contributed by atoms with E-state index in [1.807, 2.05) is 12.1 Å². The lowest BCUT2D eigenvalue weighted by Gasteiger charge is -2.12. The molecule has 0 radical (unpaired) electrons. The van der Waals surface area contributed by atoms with Crippen LogP contribution in [0.3, 0.4) is 0 Å². The number of hydrogen-bond acceptors (Lipinski definition) is 0. The van der Waals surface area contributed by atoms with Crippen LogP contribution in [0.15, 0.2) is 109 Å². The van der Waals surface area contributed by atoms with E-state index in [-0.39, 0.29) is 0 Å². The van der Waals surface area contributed by atoms with Crippen LogP contribution >= 0.6 is 11.6 Å². The Morgan fingerprint density at radius 1 is 0.500 bits per heavy atom. The Bertz CT molecular complexity index is 1540. The van der Waals surface area contributed by atoms with Crippen molar-refractivity contribution in [3.05, 3.63) is 114 Å². The van der Waals surface area contributed by atoms with Gasteiger partial charge in [0.15, 0.2) is 0 Å². The van der Waals surface area contributed by atoms with E-state index in [9.17, 15) is 0 Å². The average molecular weight is 404 g/mol. The first-order chi connectivity index (χ1) is 14.8. The summed E-state index contributed by atoms with van der Waals surface area (Å²) >= 11 is 6.10. The van der Waals surface area contributed by atoms with Gasteiger partial charge >= 0.3 is 0 Å².